The predicted molar refractivity (Wildman–Crippen MR) is 75.4 cm³/mol. The molecule has 1 aliphatic heterocycles. The van der Waals surface area contributed by atoms with Gasteiger partial charge >= 0.3 is 5.97 Å². The highest BCUT2D eigenvalue weighted by Gasteiger charge is 2.37. The van der Waals surface area contributed by atoms with E-state index in [0.29, 0.717) is 12.2 Å². The van der Waals surface area contributed by atoms with E-state index >= 15 is 0 Å². The zero-order chi connectivity index (χ0) is 14.1. The number of anilines is 2. The lowest BCUT2D eigenvalue weighted by Gasteiger charge is -2.09. The number of ether oxygens (including phenoxy) is 1. The molecule has 0 radical (unpaired) electrons. The number of para-hydroxylation sites is 1. The van der Waals surface area contributed by atoms with Crippen LogP contribution in [0.25, 0.3) is 0 Å². The molecule has 0 spiro atoms. The van der Waals surface area contributed by atoms with Gasteiger partial charge in [-0.2, -0.15) is 5.10 Å². The van der Waals surface area contributed by atoms with Gasteiger partial charge in [-0.3, -0.25) is 9.69 Å². The van der Waals surface area contributed by atoms with E-state index in [1.807, 2.05) is 42.4 Å². The first-order valence-electron chi connectivity index (χ1n) is 6.51. The molecule has 1 aromatic heterocycles. The van der Waals surface area contributed by atoms with Crippen molar-refractivity contribution in [3.05, 3.63) is 42.1 Å². The van der Waals surface area contributed by atoms with Crippen molar-refractivity contribution in [1.82, 2.24) is 9.78 Å². The first-order valence-corrected chi connectivity index (χ1v) is 6.51. The average molecular weight is 272 g/mol. The first-order chi connectivity index (χ1) is 9.72. The molecule has 20 heavy (non-hydrogen) atoms. The van der Waals surface area contributed by atoms with Crippen LogP contribution in [0.15, 0.2) is 36.5 Å². The molecule has 0 unspecified atom stereocenters. The molecule has 1 fully saturated rings. The number of nitrogens with zero attached hydrogens (tertiary/aromatic N) is 4. The summed E-state index contributed by atoms with van der Waals surface area (Å²) in [6.07, 6.45) is 1.55. The minimum atomic E-state index is -0.337. The molecule has 6 heteroatoms. The summed E-state index contributed by atoms with van der Waals surface area (Å²) in [4.78, 5) is 11.9. The molecule has 104 valence electrons. The number of rotatable bonds is 4. The van der Waals surface area contributed by atoms with Gasteiger partial charge in [0.2, 0.25) is 0 Å². The number of hydrogen-bond donors (Lipinski definition) is 0. The Labute approximate surface area is 117 Å². The second-order valence-electron chi connectivity index (χ2n) is 4.50. The fourth-order valence-corrected chi connectivity index (χ4v) is 2.19. The minimum absolute atomic E-state index is 0.337. The highest BCUT2D eigenvalue weighted by molar-refractivity contribution is 5.95. The maximum Gasteiger partial charge on any atom is 0.343 e. The van der Waals surface area contributed by atoms with Crippen molar-refractivity contribution >= 4 is 17.5 Å². The Balaban J connectivity index is 1.86. The number of aryl methyl sites for hydroxylation is 1. The van der Waals surface area contributed by atoms with Gasteiger partial charge in [-0.05, 0) is 19.1 Å². The van der Waals surface area contributed by atoms with Crippen molar-refractivity contribution in [3.8, 4) is 0 Å². The summed E-state index contributed by atoms with van der Waals surface area (Å²) in [5.74, 6) is 0.419. The third kappa shape index (κ3) is 2.09. The van der Waals surface area contributed by atoms with Crippen molar-refractivity contribution in [1.29, 1.82) is 0 Å². The van der Waals surface area contributed by atoms with Gasteiger partial charge in [0.15, 0.2) is 5.82 Å². The molecule has 2 heterocycles. The maximum atomic E-state index is 11.9. The summed E-state index contributed by atoms with van der Waals surface area (Å²) in [6, 6.07) is 10.0. The highest BCUT2D eigenvalue weighted by Crippen LogP contribution is 2.34. The van der Waals surface area contributed by atoms with E-state index in [0.717, 1.165) is 18.2 Å². The van der Waals surface area contributed by atoms with Crippen molar-refractivity contribution in [2.75, 3.05) is 23.3 Å². The molecule has 2 aromatic rings. The number of benzene rings is 1. The van der Waals surface area contributed by atoms with Crippen molar-refractivity contribution in [2.24, 2.45) is 7.05 Å². The lowest BCUT2D eigenvalue weighted by Crippen LogP contribution is -2.13. The first kappa shape index (κ1) is 12.5. The molecular weight excluding hydrogens is 256 g/mol. The van der Waals surface area contributed by atoms with Crippen LogP contribution in [0.4, 0.5) is 11.5 Å². The normalized spacial score (nSPS) is 13.5. The van der Waals surface area contributed by atoms with E-state index in [9.17, 15) is 4.79 Å². The van der Waals surface area contributed by atoms with Crippen LogP contribution < -0.4 is 10.0 Å². The Bertz CT molecular complexity index is 623. The van der Waals surface area contributed by atoms with Gasteiger partial charge < -0.3 is 4.74 Å². The van der Waals surface area contributed by atoms with Crippen molar-refractivity contribution in [2.45, 2.75) is 6.92 Å². The second-order valence-corrected chi connectivity index (χ2v) is 4.50. The lowest BCUT2D eigenvalue weighted by molar-refractivity contribution is 0.0527. The monoisotopic (exact) mass is 272 g/mol. The number of carbonyl (C=O) groups is 1. The summed E-state index contributed by atoms with van der Waals surface area (Å²) in [5, 5.41) is 8.22. The van der Waals surface area contributed by atoms with Gasteiger partial charge in [0.25, 0.3) is 0 Å². The Morgan fingerprint density at radius 2 is 2.05 bits per heavy atom. The summed E-state index contributed by atoms with van der Waals surface area (Å²) in [7, 11) is 1.82. The SMILES string of the molecule is CCOC(=O)c1cnn(C)c1N1CN1c1ccccc1. The molecule has 0 atom stereocenters. The van der Waals surface area contributed by atoms with Crippen molar-refractivity contribution < 1.29 is 9.53 Å². The molecule has 0 aliphatic carbocycles. The van der Waals surface area contributed by atoms with Crippen LogP contribution in [0.2, 0.25) is 0 Å². The topological polar surface area (TPSA) is 50.1 Å². The van der Waals surface area contributed by atoms with Gasteiger partial charge in [0, 0.05) is 7.05 Å². The molecule has 0 saturated carbocycles. The van der Waals surface area contributed by atoms with Gasteiger partial charge in [-0.15, -0.1) is 0 Å². The van der Waals surface area contributed by atoms with Crippen LogP contribution in [-0.4, -0.2) is 29.0 Å². The molecule has 1 aromatic carbocycles. The Morgan fingerprint density at radius 1 is 1.30 bits per heavy atom. The third-order valence-electron chi connectivity index (χ3n) is 3.18. The van der Waals surface area contributed by atoms with E-state index in [2.05, 4.69) is 10.1 Å². The third-order valence-corrected chi connectivity index (χ3v) is 3.18. The molecule has 0 N–H and O–H groups in total. The zero-order valence-electron chi connectivity index (χ0n) is 11.5. The standard InChI is InChI=1S/C14H16N4O2/c1-3-20-14(19)12-9-15-16(2)13(12)18-10-17(18)11-7-5-4-6-8-11/h4-9H,3,10H2,1-2H3. The smallest absolute Gasteiger partial charge is 0.343 e. The number of carbonyl (C=O) groups excluding carboxylic acids is 1. The van der Waals surface area contributed by atoms with E-state index in [1.54, 1.807) is 17.8 Å². The molecule has 0 bridgehead atoms. The van der Waals surface area contributed by atoms with Crippen LogP contribution in [0.3, 0.4) is 0 Å². The van der Waals surface area contributed by atoms with Gasteiger partial charge in [0.1, 0.15) is 12.2 Å². The van der Waals surface area contributed by atoms with E-state index in [4.69, 9.17) is 4.74 Å². The Hall–Kier alpha value is -2.50. The molecule has 0 amide bonds. The largest absolute Gasteiger partial charge is 0.462 e. The average Bonchev–Trinajstić information content (AvgIpc) is 3.16. The number of aromatic nitrogens is 2. The van der Waals surface area contributed by atoms with Gasteiger partial charge in [0.05, 0.1) is 18.5 Å². The van der Waals surface area contributed by atoms with Gasteiger partial charge in [-0.25, -0.2) is 9.80 Å². The van der Waals surface area contributed by atoms with Crippen LogP contribution in [0.1, 0.15) is 17.3 Å². The molecule has 6 nitrogen and oxygen atoms in total. The maximum absolute atomic E-state index is 11.9. The van der Waals surface area contributed by atoms with E-state index in [1.165, 1.54) is 0 Å². The van der Waals surface area contributed by atoms with E-state index < -0.39 is 0 Å². The molecule has 1 aliphatic rings. The number of esters is 1. The number of hydrazine groups is 1. The molecular formula is C14H16N4O2. The van der Waals surface area contributed by atoms with Gasteiger partial charge in [-0.1, -0.05) is 18.2 Å². The minimum Gasteiger partial charge on any atom is -0.462 e. The van der Waals surface area contributed by atoms with Crippen LogP contribution in [0, 0.1) is 0 Å². The lowest BCUT2D eigenvalue weighted by atomic mass is 10.3. The number of hydrogen-bond acceptors (Lipinski definition) is 5. The predicted octanol–water partition coefficient (Wildman–Crippen LogP) is 1.80. The Kier molecular flexibility index (Phi) is 3.06. The molecule has 1 saturated heterocycles. The van der Waals surface area contributed by atoms with Crippen LogP contribution in [-0.2, 0) is 11.8 Å². The fraction of sp³-hybridized carbons (Fsp3) is 0.286. The summed E-state index contributed by atoms with van der Waals surface area (Å²) in [6.45, 7) is 2.88. The summed E-state index contributed by atoms with van der Waals surface area (Å²) in [5.41, 5.74) is 1.58. The second kappa shape index (κ2) is 4.88. The molecule has 3 rings (SSSR count). The summed E-state index contributed by atoms with van der Waals surface area (Å²) >= 11 is 0. The van der Waals surface area contributed by atoms with Crippen molar-refractivity contribution in [3.63, 3.8) is 0 Å². The van der Waals surface area contributed by atoms with Crippen LogP contribution >= 0.6 is 0 Å². The zero-order valence-corrected chi connectivity index (χ0v) is 11.5. The fourth-order valence-electron chi connectivity index (χ4n) is 2.19. The highest BCUT2D eigenvalue weighted by atomic mass is 16.5. The Morgan fingerprint density at radius 3 is 2.75 bits per heavy atom. The van der Waals surface area contributed by atoms with E-state index in [-0.39, 0.29) is 5.97 Å². The summed E-state index contributed by atoms with van der Waals surface area (Å²) < 4.78 is 6.75. The van der Waals surface area contributed by atoms with Crippen LogP contribution in [0.5, 0.6) is 0 Å². The quantitative estimate of drug-likeness (QED) is 0.627.